The lowest BCUT2D eigenvalue weighted by Crippen LogP contribution is -2.47. The van der Waals surface area contributed by atoms with Gasteiger partial charge in [0.15, 0.2) is 0 Å². The van der Waals surface area contributed by atoms with Crippen LogP contribution in [-0.4, -0.2) is 58.6 Å². The van der Waals surface area contributed by atoms with Gasteiger partial charge >= 0.3 is 0 Å². The van der Waals surface area contributed by atoms with Crippen molar-refractivity contribution in [3.8, 4) is 0 Å². The summed E-state index contributed by atoms with van der Waals surface area (Å²) >= 11 is 0. The van der Waals surface area contributed by atoms with Gasteiger partial charge in [-0.25, -0.2) is 0 Å². The van der Waals surface area contributed by atoms with E-state index in [9.17, 15) is 0 Å². The molecule has 2 aliphatic rings. The van der Waals surface area contributed by atoms with Crippen LogP contribution in [0.25, 0.3) is 0 Å². The molecule has 28 heavy (non-hydrogen) atoms. The van der Waals surface area contributed by atoms with Crippen LogP contribution in [0.15, 0.2) is 30.3 Å². The second kappa shape index (κ2) is 9.19. The summed E-state index contributed by atoms with van der Waals surface area (Å²) in [4.78, 5) is 18.2. The molecule has 7 heteroatoms. The predicted octanol–water partition coefficient (Wildman–Crippen LogP) is 2.56. The zero-order valence-corrected chi connectivity index (χ0v) is 16.6. The molecule has 1 saturated heterocycles. The first kappa shape index (κ1) is 18.9. The molecule has 2 heterocycles. The van der Waals surface area contributed by atoms with Gasteiger partial charge in [-0.3, -0.25) is 4.90 Å². The van der Waals surface area contributed by atoms with Crippen LogP contribution in [0.1, 0.15) is 37.9 Å². The van der Waals surface area contributed by atoms with E-state index in [4.69, 9.17) is 5.73 Å². The zero-order chi connectivity index (χ0) is 19.2. The van der Waals surface area contributed by atoms with E-state index in [0.717, 1.165) is 45.0 Å². The lowest BCUT2D eigenvalue weighted by atomic mass is 9.96. The molecule has 3 N–H and O–H groups in total. The summed E-state index contributed by atoms with van der Waals surface area (Å²) < 4.78 is 0. The predicted molar refractivity (Wildman–Crippen MR) is 114 cm³/mol. The highest BCUT2D eigenvalue weighted by molar-refractivity contribution is 5.46. The molecule has 1 aromatic carbocycles. The normalized spacial score (nSPS) is 18.9. The van der Waals surface area contributed by atoms with Crippen molar-refractivity contribution >= 4 is 17.6 Å². The maximum Gasteiger partial charge on any atom is 0.227 e. The van der Waals surface area contributed by atoms with E-state index in [-0.39, 0.29) is 0 Å². The number of nitrogen functional groups attached to an aromatic ring is 1. The van der Waals surface area contributed by atoms with Crippen LogP contribution < -0.4 is 16.0 Å². The quantitative estimate of drug-likeness (QED) is 0.795. The summed E-state index contributed by atoms with van der Waals surface area (Å²) in [7, 11) is 0. The fourth-order valence-electron chi connectivity index (χ4n) is 4.17. The molecule has 0 bridgehead atoms. The topological polar surface area (TPSA) is 83.2 Å². The Morgan fingerprint density at radius 2 is 1.68 bits per heavy atom. The minimum atomic E-state index is 0.317. The van der Waals surface area contributed by atoms with Gasteiger partial charge in [0, 0.05) is 50.9 Å². The Bertz CT molecular complexity index is 738. The van der Waals surface area contributed by atoms with Crippen LogP contribution in [0, 0.1) is 0 Å². The number of piperazine rings is 1. The van der Waals surface area contributed by atoms with Gasteiger partial charge in [0.1, 0.15) is 5.82 Å². The summed E-state index contributed by atoms with van der Waals surface area (Å²) in [5.41, 5.74) is 7.24. The standard InChI is InChI=1S/C21H31N7/c22-20-24-19(25-21(26-20)23-17-7-3-1-4-8-17)11-12-27-13-15-28(16-14-27)18-9-5-2-6-10-18/h2,5-6,9-10,17H,1,3-4,7-8,11-16H2,(H3,22,23,24,25,26). The van der Waals surface area contributed by atoms with Crippen LogP contribution in [0.3, 0.4) is 0 Å². The van der Waals surface area contributed by atoms with Gasteiger partial charge in [-0.15, -0.1) is 0 Å². The fourth-order valence-corrected chi connectivity index (χ4v) is 4.17. The van der Waals surface area contributed by atoms with Gasteiger partial charge in [0.25, 0.3) is 0 Å². The maximum absolute atomic E-state index is 5.93. The summed E-state index contributed by atoms with van der Waals surface area (Å²) in [5.74, 6) is 1.75. The molecule has 7 nitrogen and oxygen atoms in total. The molecular formula is C21H31N7. The molecule has 150 valence electrons. The molecule has 0 spiro atoms. The van der Waals surface area contributed by atoms with E-state index in [0.29, 0.717) is 17.9 Å². The molecule has 4 rings (SSSR count). The average molecular weight is 382 g/mol. The zero-order valence-electron chi connectivity index (χ0n) is 16.6. The molecule has 2 aromatic rings. The number of aromatic nitrogens is 3. The van der Waals surface area contributed by atoms with Crippen LogP contribution in [0.2, 0.25) is 0 Å². The highest BCUT2D eigenvalue weighted by atomic mass is 15.3. The third-order valence-electron chi connectivity index (χ3n) is 5.78. The Morgan fingerprint density at radius 3 is 2.43 bits per heavy atom. The van der Waals surface area contributed by atoms with Crippen molar-refractivity contribution in [1.29, 1.82) is 0 Å². The van der Waals surface area contributed by atoms with E-state index in [1.807, 2.05) is 0 Å². The second-order valence-electron chi connectivity index (χ2n) is 7.83. The van der Waals surface area contributed by atoms with Crippen molar-refractivity contribution in [2.24, 2.45) is 0 Å². The Morgan fingerprint density at radius 1 is 0.929 bits per heavy atom. The first-order valence-electron chi connectivity index (χ1n) is 10.6. The monoisotopic (exact) mass is 381 g/mol. The Hall–Kier alpha value is -2.41. The molecule has 0 unspecified atom stereocenters. The third-order valence-corrected chi connectivity index (χ3v) is 5.78. The summed E-state index contributed by atoms with van der Waals surface area (Å²) in [6.45, 7) is 5.18. The van der Waals surface area contributed by atoms with Crippen molar-refractivity contribution in [2.45, 2.75) is 44.6 Å². The van der Waals surface area contributed by atoms with Crippen LogP contribution in [0.4, 0.5) is 17.6 Å². The first-order valence-corrected chi connectivity index (χ1v) is 10.6. The number of benzene rings is 1. The SMILES string of the molecule is Nc1nc(CCN2CCN(c3ccccc3)CC2)nc(NC2CCCCC2)n1. The number of anilines is 3. The van der Waals surface area contributed by atoms with Gasteiger partial charge in [-0.05, 0) is 25.0 Å². The van der Waals surface area contributed by atoms with Crippen LogP contribution in [0.5, 0.6) is 0 Å². The maximum atomic E-state index is 5.93. The molecular weight excluding hydrogens is 350 g/mol. The Balaban J connectivity index is 1.28. The highest BCUT2D eigenvalue weighted by Crippen LogP contribution is 2.20. The number of hydrogen-bond acceptors (Lipinski definition) is 7. The molecule has 0 radical (unpaired) electrons. The van der Waals surface area contributed by atoms with E-state index in [1.165, 1.54) is 37.8 Å². The minimum absolute atomic E-state index is 0.317. The van der Waals surface area contributed by atoms with E-state index in [1.54, 1.807) is 0 Å². The number of nitrogens with two attached hydrogens (primary N) is 1. The third kappa shape index (κ3) is 5.10. The number of para-hydroxylation sites is 1. The van der Waals surface area contributed by atoms with Gasteiger partial charge in [0.2, 0.25) is 11.9 Å². The van der Waals surface area contributed by atoms with Crippen molar-refractivity contribution in [2.75, 3.05) is 48.7 Å². The van der Waals surface area contributed by atoms with Crippen LogP contribution in [-0.2, 0) is 6.42 Å². The molecule has 1 saturated carbocycles. The van der Waals surface area contributed by atoms with E-state index < -0.39 is 0 Å². The number of rotatable bonds is 6. The molecule has 1 aliphatic carbocycles. The van der Waals surface area contributed by atoms with Crippen molar-refractivity contribution in [3.63, 3.8) is 0 Å². The van der Waals surface area contributed by atoms with Gasteiger partial charge < -0.3 is 16.0 Å². The van der Waals surface area contributed by atoms with E-state index >= 15 is 0 Å². The van der Waals surface area contributed by atoms with Crippen molar-refractivity contribution in [3.05, 3.63) is 36.2 Å². The first-order chi connectivity index (χ1) is 13.8. The van der Waals surface area contributed by atoms with E-state index in [2.05, 4.69) is 60.4 Å². The smallest absolute Gasteiger partial charge is 0.227 e. The second-order valence-corrected chi connectivity index (χ2v) is 7.83. The number of nitrogens with one attached hydrogen (secondary N) is 1. The largest absolute Gasteiger partial charge is 0.369 e. The van der Waals surface area contributed by atoms with Crippen molar-refractivity contribution < 1.29 is 0 Å². The lowest BCUT2D eigenvalue weighted by Gasteiger charge is -2.36. The Kier molecular flexibility index (Phi) is 6.21. The molecule has 0 atom stereocenters. The number of hydrogen-bond donors (Lipinski definition) is 2. The fraction of sp³-hybridized carbons (Fsp3) is 0.571. The van der Waals surface area contributed by atoms with Gasteiger partial charge in [0.05, 0.1) is 0 Å². The van der Waals surface area contributed by atoms with Gasteiger partial charge in [-0.2, -0.15) is 15.0 Å². The molecule has 0 amide bonds. The van der Waals surface area contributed by atoms with Gasteiger partial charge in [-0.1, -0.05) is 37.5 Å². The summed E-state index contributed by atoms with van der Waals surface area (Å²) in [5, 5.41) is 3.46. The summed E-state index contributed by atoms with van der Waals surface area (Å²) in [6.07, 6.45) is 7.07. The molecule has 1 aliphatic heterocycles. The summed E-state index contributed by atoms with van der Waals surface area (Å²) in [6, 6.07) is 11.1. The Labute approximate surface area is 167 Å². The molecule has 2 fully saturated rings. The molecule has 1 aromatic heterocycles. The minimum Gasteiger partial charge on any atom is -0.369 e. The van der Waals surface area contributed by atoms with Crippen molar-refractivity contribution in [1.82, 2.24) is 19.9 Å². The number of nitrogens with zero attached hydrogens (tertiary/aromatic N) is 5. The highest BCUT2D eigenvalue weighted by Gasteiger charge is 2.18. The lowest BCUT2D eigenvalue weighted by molar-refractivity contribution is 0.259. The average Bonchev–Trinajstić information content (AvgIpc) is 2.74. The van der Waals surface area contributed by atoms with Crippen LogP contribution >= 0.6 is 0 Å².